The highest BCUT2D eigenvalue weighted by Gasteiger charge is 2.23. The van der Waals surface area contributed by atoms with Crippen LogP contribution in [0.3, 0.4) is 0 Å². The maximum absolute atomic E-state index is 6.41. The van der Waals surface area contributed by atoms with Crippen molar-refractivity contribution in [1.82, 2.24) is 14.5 Å². The summed E-state index contributed by atoms with van der Waals surface area (Å²) in [5.41, 5.74) is 5.96. The zero-order valence-electron chi connectivity index (χ0n) is 15.9. The predicted octanol–water partition coefficient (Wildman–Crippen LogP) is 6.63. The average Bonchev–Trinajstić information content (AvgIpc) is 3.36. The number of furan rings is 1. The maximum Gasteiger partial charge on any atom is 0.145 e. The summed E-state index contributed by atoms with van der Waals surface area (Å²) < 4.78 is 8.68. The third-order valence-electron chi connectivity index (χ3n) is 5.90. The second-order valence-electron chi connectivity index (χ2n) is 7.49. The number of rotatable bonds is 1. The first-order valence-electron chi connectivity index (χ1n) is 9.93. The smallest absolute Gasteiger partial charge is 0.145 e. The van der Waals surface area contributed by atoms with Crippen molar-refractivity contribution in [3.63, 3.8) is 0 Å². The van der Waals surface area contributed by atoms with Gasteiger partial charge in [-0.3, -0.25) is 9.97 Å². The van der Waals surface area contributed by atoms with Gasteiger partial charge in [0.2, 0.25) is 0 Å². The molecule has 0 aliphatic carbocycles. The number of hydrogen-bond acceptors (Lipinski definition) is 3. The van der Waals surface area contributed by atoms with Crippen molar-refractivity contribution in [2.24, 2.45) is 0 Å². The van der Waals surface area contributed by atoms with Crippen molar-refractivity contribution >= 4 is 54.6 Å². The molecule has 0 aliphatic rings. The fourth-order valence-corrected chi connectivity index (χ4v) is 4.73. The molecule has 0 aliphatic heterocycles. The van der Waals surface area contributed by atoms with Gasteiger partial charge in [-0.2, -0.15) is 0 Å². The Morgan fingerprint density at radius 3 is 2.37 bits per heavy atom. The van der Waals surface area contributed by atoms with Gasteiger partial charge in [0.15, 0.2) is 0 Å². The summed E-state index contributed by atoms with van der Waals surface area (Å²) in [6, 6.07) is 24.8. The number of hydrogen-bond donors (Lipinski definition) is 0. The van der Waals surface area contributed by atoms with E-state index < -0.39 is 0 Å². The molecule has 0 radical (unpaired) electrons. The molecule has 0 bridgehead atoms. The van der Waals surface area contributed by atoms with Gasteiger partial charge < -0.3 is 8.98 Å². The highest BCUT2D eigenvalue weighted by atomic mass is 16.3. The Morgan fingerprint density at radius 1 is 0.700 bits per heavy atom. The number of pyridine rings is 2. The highest BCUT2D eigenvalue weighted by Crippen LogP contribution is 2.44. The summed E-state index contributed by atoms with van der Waals surface area (Å²) in [5, 5.41) is 5.61. The maximum atomic E-state index is 6.41. The Kier molecular flexibility index (Phi) is 2.97. The molecule has 0 amide bonds. The highest BCUT2D eigenvalue weighted by molar-refractivity contribution is 6.34. The van der Waals surface area contributed by atoms with Crippen LogP contribution >= 0.6 is 0 Å². The lowest BCUT2D eigenvalue weighted by Gasteiger charge is -2.09. The number of nitrogens with zero attached hydrogens (tertiary/aromatic N) is 3. The molecule has 4 nitrogen and oxygen atoms in total. The quantitative estimate of drug-likeness (QED) is 0.319. The van der Waals surface area contributed by atoms with Crippen LogP contribution in [-0.4, -0.2) is 14.5 Å². The Hall–Kier alpha value is -4.18. The molecule has 0 spiro atoms. The fourth-order valence-electron chi connectivity index (χ4n) is 4.73. The predicted molar refractivity (Wildman–Crippen MR) is 121 cm³/mol. The van der Waals surface area contributed by atoms with Gasteiger partial charge in [-0.25, -0.2) is 0 Å². The van der Waals surface area contributed by atoms with Gasteiger partial charge >= 0.3 is 0 Å². The third kappa shape index (κ3) is 1.90. The molecule has 0 atom stereocenters. The molecule has 0 unspecified atom stereocenters. The molecule has 4 heteroatoms. The molecule has 4 heterocycles. The van der Waals surface area contributed by atoms with Crippen LogP contribution in [0.25, 0.3) is 60.3 Å². The van der Waals surface area contributed by atoms with Gasteiger partial charge in [0, 0.05) is 28.6 Å². The molecule has 140 valence electrons. The van der Waals surface area contributed by atoms with Crippen LogP contribution in [-0.2, 0) is 0 Å². The second-order valence-corrected chi connectivity index (χ2v) is 7.49. The van der Waals surface area contributed by atoms with Crippen molar-refractivity contribution in [1.29, 1.82) is 0 Å². The van der Waals surface area contributed by atoms with Crippen LogP contribution in [0.5, 0.6) is 0 Å². The molecule has 3 aromatic carbocycles. The Morgan fingerprint density at radius 2 is 1.50 bits per heavy atom. The van der Waals surface area contributed by atoms with E-state index in [-0.39, 0.29) is 0 Å². The van der Waals surface area contributed by atoms with Gasteiger partial charge in [-0.1, -0.05) is 42.5 Å². The molecule has 30 heavy (non-hydrogen) atoms. The molecule has 7 aromatic rings. The first-order chi connectivity index (χ1) is 14.9. The Labute approximate surface area is 171 Å². The molecule has 4 aromatic heterocycles. The van der Waals surface area contributed by atoms with Gasteiger partial charge in [-0.15, -0.1) is 0 Å². The van der Waals surface area contributed by atoms with E-state index in [9.17, 15) is 0 Å². The third-order valence-corrected chi connectivity index (χ3v) is 5.90. The van der Waals surface area contributed by atoms with E-state index in [0.29, 0.717) is 0 Å². The van der Waals surface area contributed by atoms with E-state index in [2.05, 4.69) is 58.1 Å². The summed E-state index contributed by atoms with van der Waals surface area (Å²) in [4.78, 5) is 9.19. The first-order valence-corrected chi connectivity index (χ1v) is 9.93. The van der Waals surface area contributed by atoms with Crippen LogP contribution in [0.4, 0.5) is 0 Å². The summed E-state index contributed by atoms with van der Waals surface area (Å²) in [7, 11) is 0. The standard InChI is InChI=1S/C26H15N3O/c1-2-9-18-17(8-1)22-24-20(11-6-14-28-24)29(16-7-5-13-27-15-16)25(22)23-19-10-3-4-12-21(19)30-26(18)23/h1-15H. The zero-order valence-corrected chi connectivity index (χ0v) is 15.9. The number of aromatic nitrogens is 3. The summed E-state index contributed by atoms with van der Waals surface area (Å²) >= 11 is 0. The molecule has 7 rings (SSSR count). The second kappa shape index (κ2) is 5.67. The zero-order chi connectivity index (χ0) is 19.7. The van der Waals surface area contributed by atoms with Crippen molar-refractivity contribution in [3.8, 4) is 5.69 Å². The monoisotopic (exact) mass is 385 g/mol. The minimum atomic E-state index is 0.890. The Balaban J connectivity index is 1.91. The van der Waals surface area contributed by atoms with Crippen molar-refractivity contribution in [3.05, 3.63) is 91.4 Å². The lowest BCUT2D eigenvalue weighted by molar-refractivity contribution is 0.673. The van der Waals surface area contributed by atoms with E-state index >= 15 is 0 Å². The molecule has 0 N–H and O–H groups in total. The summed E-state index contributed by atoms with van der Waals surface area (Å²) in [6.07, 6.45) is 5.56. The van der Waals surface area contributed by atoms with Crippen molar-refractivity contribution in [2.75, 3.05) is 0 Å². The first kappa shape index (κ1) is 15.7. The molecular weight excluding hydrogens is 370 g/mol. The number of fused-ring (bicyclic) bond motifs is 10. The van der Waals surface area contributed by atoms with E-state index in [0.717, 1.165) is 60.3 Å². The largest absolute Gasteiger partial charge is 0.455 e. The molecule has 0 saturated carbocycles. The van der Waals surface area contributed by atoms with E-state index in [1.807, 2.05) is 36.7 Å². The van der Waals surface area contributed by atoms with Crippen molar-refractivity contribution in [2.45, 2.75) is 0 Å². The van der Waals surface area contributed by atoms with Gasteiger partial charge in [0.05, 0.1) is 33.8 Å². The van der Waals surface area contributed by atoms with Gasteiger partial charge in [-0.05, 0) is 35.7 Å². The minimum Gasteiger partial charge on any atom is -0.455 e. The SMILES string of the molecule is c1cncc(-n2c3cccnc3c3c4ccccc4c4oc5ccccc5c4c32)c1. The molecule has 0 fully saturated rings. The topological polar surface area (TPSA) is 43.9 Å². The van der Waals surface area contributed by atoms with Crippen LogP contribution in [0.15, 0.2) is 95.8 Å². The normalized spacial score (nSPS) is 12.0. The minimum absolute atomic E-state index is 0.890. The molecule has 0 saturated heterocycles. The van der Waals surface area contributed by atoms with E-state index in [1.165, 1.54) is 0 Å². The van der Waals surface area contributed by atoms with Gasteiger partial charge in [0.25, 0.3) is 0 Å². The van der Waals surface area contributed by atoms with Crippen LogP contribution in [0.1, 0.15) is 0 Å². The van der Waals surface area contributed by atoms with Gasteiger partial charge in [0.1, 0.15) is 11.2 Å². The molecular formula is C26H15N3O. The lowest BCUT2D eigenvalue weighted by Crippen LogP contribution is -1.95. The van der Waals surface area contributed by atoms with Crippen molar-refractivity contribution < 1.29 is 4.42 Å². The summed E-state index contributed by atoms with van der Waals surface area (Å²) in [5.74, 6) is 0. The lowest BCUT2D eigenvalue weighted by atomic mass is 10.0. The van der Waals surface area contributed by atoms with E-state index in [4.69, 9.17) is 9.40 Å². The summed E-state index contributed by atoms with van der Waals surface area (Å²) in [6.45, 7) is 0. The van der Waals surface area contributed by atoms with Crippen LogP contribution < -0.4 is 0 Å². The van der Waals surface area contributed by atoms with Crippen LogP contribution in [0, 0.1) is 0 Å². The fraction of sp³-hybridized carbons (Fsp3) is 0. The Bertz CT molecular complexity index is 1740. The number of para-hydroxylation sites is 1. The number of benzene rings is 3. The van der Waals surface area contributed by atoms with E-state index in [1.54, 1.807) is 6.20 Å². The average molecular weight is 385 g/mol. The van der Waals surface area contributed by atoms with Crippen LogP contribution in [0.2, 0.25) is 0 Å².